The Kier molecular flexibility index (Phi) is 4.09. The minimum Gasteiger partial charge on any atom is -0.385 e. The molecule has 19 heavy (non-hydrogen) atoms. The van der Waals surface area contributed by atoms with E-state index in [0.717, 1.165) is 31.3 Å². The molecule has 0 radical (unpaired) electrons. The molecular weight excluding hydrogens is 264 g/mol. The summed E-state index contributed by atoms with van der Waals surface area (Å²) in [6, 6.07) is 5.74. The standard InChI is InChI=1S/C13H18N2O3S/c1-19(17,18)8-6-13(16)15-11-5-4-10-3-2-7-14-12(10)9-11/h4-5,9,14H,2-3,6-8H2,1H3,(H,15,16). The van der Waals surface area contributed by atoms with E-state index in [4.69, 9.17) is 0 Å². The van der Waals surface area contributed by atoms with E-state index in [-0.39, 0.29) is 18.1 Å². The molecule has 0 saturated carbocycles. The van der Waals surface area contributed by atoms with E-state index in [0.29, 0.717) is 5.69 Å². The number of benzene rings is 1. The maximum atomic E-state index is 11.6. The Balaban J connectivity index is 1.97. The average molecular weight is 282 g/mol. The van der Waals surface area contributed by atoms with Gasteiger partial charge in [0.2, 0.25) is 5.91 Å². The lowest BCUT2D eigenvalue weighted by molar-refractivity contribution is -0.115. The Morgan fingerprint density at radius 3 is 2.95 bits per heavy atom. The smallest absolute Gasteiger partial charge is 0.225 e. The monoisotopic (exact) mass is 282 g/mol. The molecule has 1 aromatic carbocycles. The van der Waals surface area contributed by atoms with Gasteiger partial charge >= 0.3 is 0 Å². The number of rotatable bonds is 4. The van der Waals surface area contributed by atoms with E-state index in [1.54, 1.807) is 0 Å². The Morgan fingerprint density at radius 2 is 2.21 bits per heavy atom. The summed E-state index contributed by atoms with van der Waals surface area (Å²) in [6.07, 6.45) is 3.28. The molecule has 0 atom stereocenters. The summed E-state index contributed by atoms with van der Waals surface area (Å²) < 4.78 is 22.0. The molecular formula is C13H18N2O3S. The van der Waals surface area contributed by atoms with Gasteiger partial charge in [-0.2, -0.15) is 0 Å². The SMILES string of the molecule is CS(=O)(=O)CCC(=O)Nc1ccc2c(c1)NCCC2. The van der Waals surface area contributed by atoms with Gasteiger partial charge in [-0.15, -0.1) is 0 Å². The molecule has 0 aliphatic carbocycles. The molecule has 2 N–H and O–H groups in total. The van der Waals surface area contributed by atoms with E-state index < -0.39 is 9.84 Å². The fraction of sp³-hybridized carbons (Fsp3) is 0.462. The molecule has 1 aliphatic rings. The zero-order chi connectivity index (χ0) is 13.9. The second kappa shape index (κ2) is 5.61. The molecule has 0 aromatic heterocycles. The number of anilines is 2. The lowest BCUT2D eigenvalue weighted by atomic mass is 10.0. The maximum Gasteiger partial charge on any atom is 0.225 e. The molecule has 104 valence electrons. The number of carbonyl (C=O) groups is 1. The van der Waals surface area contributed by atoms with Gasteiger partial charge in [0.05, 0.1) is 5.75 Å². The molecule has 1 aliphatic heterocycles. The molecule has 2 rings (SSSR count). The highest BCUT2D eigenvalue weighted by Gasteiger charge is 2.11. The summed E-state index contributed by atoms with van der Waals surface area (Å²) in [5.41, 5.74) is 3.00. The molecule has 5 nitrogen and oxygen atoms in total. The second-order valence-corrected chi connectivity index (χ2v) is 7.09. The Bertz CT molecular complexity index is 582. The first kappa shape index (κ1) is 13.9. The molecule has 0 spiro atoms. The van der Waals surface area contributed by atoms with Crippen molar-refractivity contribution in [3.05, 3.63) is 23.8 Å². The van der Waals surface area contributed by atoms with Gasteiger partial charge < -0.3 is 10.6 Å². The van der Waals surface area contributed by atoms with Crippen LogP contribution in [0.15, 0.2) is 18.2 Å². The summed E-state index contributed by atoms with van der Waals surface area (Å²) in [5.74, 6) is -0.400. The number of sulfone groups is 1. The fourth-order valence-electron chi connectivity index (χ4n) is 2.04. The van der Waals surface area contributed by atoms with Crippen LogP contribution in [-0.4, -0.2) is 32.9 Å². The summed E-state index contributed by atoms with van der Waals surface area (Å²) in [5, 5.41) is 6.01. The zero-order valence-corrected chi connectivity index (χ0v) is 11.7. The van der Waals surface area contributed by atoms with Crippen LogP contribution in [0.2, 0.25) is 0 Å². The van der Waals surface area contributed by atoms with Crippen LogP contribution in [0, 0.1) is 0 Å². The van der Waals surface area contributed by atoms with Gasteiger partial charge in [0.1, 0.15) is 9.84 Å². The Labute approximate surface area is 113 Å². The number of carbonyl (C=O) groups excluding carboxylic acids is 1. The van der Waals surface area contributed by atoms with Crippen molar-refractivity contribution in [3.63, 3.8) is 0 Å². The molecule has 0 saturated heterocycles. The molecule has 0 bridgehead atoms. The van der Waals surface area contributed by atoms with Gasteiger partial charge in [-0.3, -0.25) is 4.79 Å². The first-order chi connectivity index (χ1) is 8.94. The highest BCUT2D eigenvalue weighted by molar-refractivity contribution is 7.90. The number of aryl methyl sites for hydroxylation is 1. The fourth-order valence-corrected chi connectivity index (χ4v) is 2.60. The van der Waals surface area contributed by atoms with Gasteiger partial charge in [0, 0.05) is 30.6 Å². The second-order valence-electron chi connectivity index (χ2n) is 4.83. The van der Waals surface area contributed by atoms with E-state index >= 15 is 0 Å². The zero-order valence-electron chi connectivity index (χ0n) is 10.9. The summed E-state index contributed by atoms with van der Waals surface area (Å²) in [7, 11) is -3.10. The predicted octanol–water partition coefficient (Wildman–Crippen LogP) is 1.42. The highest BCUT2D eigenvalue weighted by atomic mass is 32.2. The van der Waals surface area contributed by atoms with Crippen molar-refractivity contribution in [2.45, 2.75) is 19.3 Å². The topological polar surface area (TPSA) is 75.3 Å². The van der Waals surface area contributed by atoms with Crippen molar-refractivity contribution >= 4 is 27.1 Å². The third kappa shape index (κ3) is 4.24. The number of hydrogen-bond acceptors (Lipinski definition) is 4. The third-order valence-corrected chi connectivity index (χ3v) is 3.98. The van der Waals surface area contributed by atoms with E-state index in [9.17, 15) is 13.2 Å². The van der Waals surface area contributed by atoms with Crippen molar-refractivity contribution in [1.82, 2.24) is 0 Å². The lowest BCUT2D eigenvalue weighted by Gasteiger charge is -2.18. The van der Waals surface area contributed by atoms with Crippen LogP contribution in [-0.2, 0) is 21.1 Å². The summed E-state index contributed by atoms with van der Waals surface area (Å²) in [4.78, 5) is 11.6. The summed E-state index contributed by atoms with van der Waals surface area (Å²) in [6.45, 7) is 0.943. The quantitative estimate of drug-likeness (QED) is 0.875. The number of hydrogen-bond donors (Lipinski definition) is 2. The minimum absolute atomic E-state index is 0.0106. The first-order valence-corrected chi connectivity index (χ1v) is 8.34. The number of fused-ring (bicyclic) bond motifs is 1. The van der Waals surface area contributed by atoms with Gasteiger partial charge in [0.25, 0.3) is 0 Å². The van der Waals surface area contributed by atoms with Gasteiger partial charge in [-0.1, -0.05) is 6.07 Å². The van der Waals surface area contributed by atoms with E-state index in [2.05, 4.69) is 10.6 Å². The normalized spacial score (nSPS) is 14.4. The maximum absolute atomic E-state index is 11.6. The molecule has 0 fully saturated rings. The Hall–Kier alpha value is -1.56. The van der Waals surface area contributed by atoms with Crippen LogP contribution in [0.25, 0.3) is 0 Å². The van der Waals surface area contributed by atoms with Crippen LogP contribution < -0.4 is 10.6 Å². The average Bonchev–Trinajstić information content (AvgIpc) is 2.35. The summed E-state index contributed by atoms with van der Waals surface area (Å²) >= 11 is 0. The van der Waals surface area contributed by atoms with Crippen LogP contribution in [0.5, 0.6) is 0 Å². The third-order valence-electron chi connectivity index (χ3n) is 3.03. The molecule has 6 heteroatoms. The largest absolute Gasteiger partial charge is 0.385 e. The molecule has 0 unspecified atom stereocenters. The van der Waals surface area contributed by atoms with Gasteiger partial charge in [-0.25, -0.2) is 8.42 Å². The van der Waals surface area contributed by atoms with Crippen molar-refractivity contribution in [1.29, 1.82) is 0 Å². The Morgan fingerprint density at radius 1 is 1.42 bits per heavy atom. The van der Waals surface area contributed by atoms with Gasteiger partial charge in [-0.05, 0) is 30.5 Å². The predicted molar refractivity (Wildman–Crippen MR) is 76.2 cm³/mol. The molecule has 1 heterocycles. The van der Waals surface area contributed by atoms with Crippen LogP contribution in [0.4, 0.5) is 11.4 Å². The van der Waals surface area contributed by atoms with Crippen LogP contribution in [0.1, 0.15) is 18.4 Å². The highest BCUT2D eigenvalue weighted by Crippen LogP contribution is 2.25. The molecule has 1 amide bonds. The van der Waals surface area contributed by atoms with Crippen molar-refractivity contribution < 1.29 is 13.2 Å². The number of amides is 1. The van der Waals surface area contributed by atoms with Crippen molar-refractivity contribution in [2.24, 2.45) is 0 Å². The number of nitrogens with one attached hydrogen (secondary N) is 2. The minimum atomic E-state index is -3.10. The van der Waals surface area contributed by atoms with E-state index in [1.165, 1.54) is 5.56 Å². The van der Waals surface area contributed by atoms with Crippen LogP contribution >= 0.6 is 0 Å². The lowest BCUT2D eigenvalue weighted by Crippen LogP contribution is -2.17. The van der Waals surface area contributed by atoms with Crippen LogP contribution in [0.3, 0.4) is 0 Å². The molecule has 1 aromatic rings. The van der Waals surface area contributed by atoms with Crippen molar-refractivity contribution in [3.8, 4) is 0 Å². The van der Waals surface area contributed by atoms with Gasteiger partial charge in [0.15, 0.2) is 0 Å². The van der Waals surface area contributed by atoms with Crippen molar-refractivity contribution in [2.75, 3.05) is 29.2 Å². The first-order valence-electron chi connectivity index (χ1n) is 6.28. The van der Waals surface area contributed by atoms with E-state index in [1.807, 2.05) is 18.2 Å².